The lowest BCUT2D eigenvalue weighted by atomic mass is 10.1. The van der Waals surface area contributed by atoms with Crippen molar-refractivity contribution >= 4 is 11.8 Å². The molecule has 0 aromatic heterocycles. The molecule has 150 valence electrons. The second-order valence-corrected chi connectivity index (χ2v) is 6.44. The Kier molecular flexibility index (Phi) is 8.34. The maximum atomic E-state index is 12.1. The Morgan fingerprint density at radius 2 is 1.68 bits per heavy atom. The van der Waals surface area contributed by atoms with E-state index in [1.807, 2.05) is 48.5 Å². The first kappa shape index (κ1) is 21.3. The molecule has 6 heteroatoms. The Labute approximate surface area is 166 Å². The van der Waals surface area contributed by atoms with Gasteiger partial charge in [0.1, 0.15) is 11.5 Å². The van der Waals surface area contributed by atoms with E-state index in [0.717, 1.165) is 22.6 Å². The van der Waals surface area contributed by atoms with Gasteiger partial charge in [-0.1, -0.05) is 30.3 Å². The van der Waals surface area contributed by atoms with Crippen molar-refractivity contribution in [3.63, 3.8) is 0 Å². The monoisotopic (exact) mass is 384 g/mol. The molecule has 0 heterocycles. The summed E-state index contributed by atoms with van der Waals surface area (Å²) in [6, 6.07) is 15.2. The predicted octanol–water partition coefficient (Wildman–Crippen LogP) is 2.45. The van der Waals surface area contributed by atoms with Crippen LogP contribution < -0.4 is 14.8 Å². The van der Waals surface area contributed by atoms with Crippen molar-refractivity contribution in [1.82, 2.24) is 10.2 Å². The number of rotatable bonds is 10. The lowest BCUT2D eigenvalue weighted by Crippen LogP contribution is -2.39. The molecule has 2 aromatic carbocycles. The molecule has 0 atom stereocenters. The fraction of sp³-hybridized carbons (Fsp3) is 0.364. The number of methoxy groups -OCH3 is 2. The van der Waals surface area contributed by atoms with Gasteiger partial charge in [0.05, 0.1) is 20.6 Å². The van der Waals surface area contributed by atoms with Crippen LogP contribution in [0.25, 0.3) is 0 Å². The first-order valence-electron chi connectivity index (χ1n) is 9.30. The molecule has 6 nitrogen and oxygen atoms in total. The van der Waals surface area contributed by atoms with Crippen LogP contribution in [0.3, 0.4) is 0 Å². The zero-order valence-corrected chi connectivity index (χ0v) is 16.7. The average Bonchev–Trinajstić information content (AvgIpc) is 2.71. The Hall–Kier alpha value is -3.02. The van der Waals surface area contributed by atoms with Gasteiger partial charge in [0.25, 0.3) is 0 Å². The molecule has 2 amide bonds. The highest BCUT2D eigenvalue weighted by Gasteiger charge is 2.11. The normalized spacial score (nSPS) is 10.2. The molecule has 0 radical (unpaired) electrons. The fourth-order valence-electron chi connectivity index (χ4n) is 2.91. The zero-order chi connectivity index (χ0) is 20.4. The lowest BCUT2D eigenvalue weighted by molar-refractivity contribution is -0.129. The first-order valence-corrected chi connectivity index (χ1v) is 9.30. The molecule has 0 fully saturated rings. The van der Waals surface area contributed by atoms with Crippen LogP contribution >= 0.6 is 0 Å². The molecule has 0 saturated heterocycles. The summed E-state index contributed by atoms with van der Waals surface area (Å²) in [6.45, 7) is 3.00. The molecule has 0 spiro atoms. The highest BCUT2D eigenvalue weighted by atomic mass is 16.5. The molecule has 2 rings (SSSR count). The van der Waals surface area contributed by atoms with E-state index in [4.69, 9.17) is 9.47 Å². The maximum Gasteiger partial charge on any atom is 0.224 e. The van der Waals surface area contributed by atoms with E-state index < -0.39 is 0 Å². The van der Waals surface area contributed by atoms with Crippen LogP contribution in [0.4, 0.5) is 0 Å². The van der Waals surface area contributed by atoms with Gasteiger partial charge in [-0.25, -0.2) is 0 Å². The number of para-hydroxylation sites is 1. The first-order chi connectivity index (χ1) is 13.5. The van der Waals surface area contributed by atoms with Gasteiger partial charge in [-0.2, -0.15) is 0 Å². The number of carbonyl (C=O) groups is 2. The number of hydrogen-bond acceptors (Lipinski definition) is 4. The number of hydrogen-bond donors (Lipinski definition) is 1. The third kappa shape index (κ3) is 6.61. The van der Waals surface area contributed by atoms with E-state index in [9.17, 15) is 9.59 Å². The fourth-order valence-corrected chi connectivity index (χ4v) is 2.91. The van der Waals surface area contributed by atoms with Crippen molar-refractivity contribution < 1.29 is 19.1 Å². The van der Waals surface area contributed by atoms with Crippen LogP contribution in [0, 0.1) is 0 Å². The Bertz CT molecular complexity index is 774. The van der Waals surface area contributed by atoms with Gasteiger partial charge in [-0.3, -0.25) is 9.59 Å². The number of benzene rings is 2. The molecule has 0 bridgehead atoms. The minimum absolute atomic E-state index is 0.0145. The van der Waals surface area contributed by atoms with Crippen LogP contribution in [0.15, 0.2) is 48.5 Å². The Morgan fingerprint density at radius 1 is 0.964 bits per heavy atom. The standard InChI is InChI=1S/C22H28N2O4/c1-17(25)24(14-12-19-6-4-5-7-21(19)28-3)15-13-23-22(26)16-18-8-10-20(27-2)11-9-18/h4-11H,12-16H2,1-3H3,(H,23,26). The predicted molar refractivity (Wildman–Crippen MR) is 109 cm³/mol. The molecule has 0 saturated carbocycles. The largest absolute Gasteiger partial charge is 0.497 e. The Morgan fingerprint density at radius 3 is 2.32 bits per heavy atom. The summed E-state index contributed by atoms with van der Waals surface area (Å²) in [5.74, 6) is 1.49. The second-order valence-electron chi connectivity index (χ2n) is 6.44. The van der Waals surface area contributed by atoms with Gasteiger partial charge in [0.2, 0.25) is 11.8 Å². The SMILES string of the molecule is COc1ccc(CC(=O)NCCN(CCc2ccccc2OC)C(C)=O)cc1. The average molecular weight is 384 g/mol. The van der Waals surface area contributed by atoms with E-state index in [1.54, 1.807) is 26.0 Å². The van der Waals surface area contributed by atoms with Crippen molar-refractivity contribution in [3.05, 3.63) is 59.7 Å². The highest BCUT2D eigenvalue weighted by molar-refractivity contribution is 5.78. The summed E-state index contributed by atoms with van der Waals surface area (Å²) in [6.07, 6.45) is 0.995. The van der Waals surface area contributed by atoms with E-state index >= 15 is 0 Å². The van der Waals surface area contributed by atoms with Crippen molar-refractivity contribution in [2.24, 2.45) is 0 Å². The van der Waals surface area contributed by atoms with Crippen LogP contribution in [0.5, 0.6) is 11.5 Å². The zero-order valence-electron chi connectivity index (χ0n) is 16.7. The minimum atomic E-state index is -0.0709. The third-order valence-electron chi connectivity index (χ3n) is 4.52. The van der Waals surface area contributed by atoms with E-state index in [2.05, 4.69) is 5.32 Å². The van der Waals surface area contributed by atoms with E-state index in [0.29, 0.717) is 32.5 Å². The van der Waals surface area contributed by atoms with E-state index in [1.165, 1.54) is 0 Å². The van der Waals surface area contributed by atoms with Crippen molar-refractivity contribution in [2.45, 2.75) is 19.8 Å². The van der Waals surface area contributed by atoms with E-state index in [-0.39, 0.29) is 11.8 Å². The molecular formula is C22H28N2O4. The van der Waals surface area contributed by atoms with Crippen molar-refractivity contribution in [3.8, 4) is 11.5 Å². The molecule has 28 heavy (non-hydrogen) atoms. The van der Waals surface area contributed by atoms with Gasteiger partial charge >= 0.3 is 0 Å². The van der Waals surface area contributed by atoms with Crippen LogP contribution in [-0.2, 0) is 22.4 Å². The van der Waals surface area contributed by atoms with Crippen LogP contribution in [0.2, 0.25) is 0 Å². The summed E-state index contributed by atoms with van der Waals surface area (Å²) in [5.41, 5.74) is 1.97. The molecule has 0 unspecified atom stereocenters. The van der Waals surface area contributed by atoms with Crippen molar-refractivity contribution in [1.29, 1.82) is 0 Å². The number of nitrogens with one attached hydrogen (secondary N) is 1. The number of ether oxygens (including phenoxy) is 2. The van der Waals surface area contributed by atoms with Crippen LogP contribution in [-0.4, -0.2) is 50.6 Å². The maximum absolute atomic E-state index is 12.1. The minimum Gasteiger partial charge on any atom is -0.497 e. The van der Waals surface area contributed by atoms with Gasteiger partial charge in [-0.05, 0) is 35.7 Å². The number of amides is 2. The number of carbonyl (C=O) groups excluding carboxylic acids is 2. The van der Waals surface area contributed by atoms with Crippen LogP contribution in [0.1, 0.15) is 18.1 Å². The smallest absolute Gasteiger partial charge is 0.224 e. The third-order valence-corrected chi connectivity index (χ3v) is 4.52. The molecule has 2 aromatic rings. The molecule has 1 N–H and O–H groups in total. The van der Waals surface area contributed by atoms with Gasteiger partial charge in [0.15, 0.2) is 0 Å². The Balaban J connectivity index is 1.79. The summed E-state index contributed by atoms with van der Waals surface area (Å²) in [5, 5.41) is 2.88. The number of nitrogens with zero attached hydrogens (tertiary/aromatic N) is 1. The van der Waals surface area contributed by atoms with Crippen molar-refractivity contribution in [2.75, 3.05) is 33.9 Å². The lowest BCUT2D eigenvalue weighted by Gasteiger charge is -2.22. The molecule has 0 aliphatic carbocycles. The highest BCUT2D eigenvalue weighted by Crippen LogP contribution is 2.18. The summed E-state index contributed by atoms with van der Waals surface area (Å²) in [4.78, 5) is 25.8. The van der Waals surface area contributed by atoms with Gasteiger partial charge in [-0.15, -0.1) is 0 Å². The van der Waals surface area contributed by atoms with Gasteiger partial charge in [0, 0.05) is 26.6 Å². The molecule has 0 aliphatic heterocycles. The summed E-state index contributed by atoms with van der Waals surface area (Å²) in [7, 11) is 3.25. The molecular weight excluding hydrogens is 356 g/mol. The van der Waals surface area contributed by atoms with Gasteiger partial charge < -0.3 is 19.7 Å². The second kappa shape index (κ2) is 11.0. The summed E-state index contributed by atoms with van der Waals surface area (Å²) >= 11 is 0. The molecule has 0 aliphatic rings. The topological polar surface area (TPSA) is 67.9 Å². The summed E-state index contributed by atoms with van der Waals surface area (Å²) < 4.78 is 10.5. The quantitative estimate of drug-likeness (QED) is 0.683.